The molecular weight excluding hydrogens is 344 g/mol. The minimum atomic E-state index is -0.493. The fourth-order valence-corrected chi connectivity index (χ4v) is 2.96. The van der Waals surface area contributed by atoms with Crippen molar-refractivity contribution < 1.29 is 14.6 Å². The lowest BCUT2D eigenvalue weighted by atomic mass is 10.1. The summed E-state index contributed by atoms with van der Waals surface area (Å²) in [6, 6.07) is 7.65. The Morgan fingerprint density at radius 2 is 1.70 bits per heavy atom. The van der Waals surface area contributed by atoms with Gasteiger partial charge in [0.25, 0.3) is 0 Å². The number of ether oxygens (including phenoxy) is 1. The molecule has 0 saturated carbocycles. The highest BCUT2D eigenvalue weighted by atomic mass is 16.6. The van der Waals surface area contributed by atoms with Crippen molar-refractivity contribution in [2.45, 2.75) is 33.0 Å². The van der Waals surface area contributed by atoms with Crippen molar-refractivity contribution in [1.82, 2.24) is 14.9 Å². The van der Waals surface area contributed by atoms with E-state index >= 15 is 0 Å². The zero-order valence-corrected chi connectivity index (χ0v) is 16.1. The molecule has 1 aliphatic heterocycles. The van der Waals surface area contributed by atoms with Crippen LogP contribution in [0.3, 0.4) is 0 Å². The molecule has 1 aromatic heterocycles. The van der Waals surface area contributed by atoms with Gasteiger partial charge < -0.3 is 19.6 Å². The molecule has 1 fully saturated rings. The fraction of sp³-hybridized carbons (Fsp3) is 0.450. The van der Waals surface area contributed by atoms with Gasteiger partial charge >= 0.3 is 6.09 Å². The summed E-state index contributed by atoms with van der Waals surface area (Å²) in [5, 5.41) is 9.22. The van der Waals surface area contributed by atoms with Crippen LogP contribution in [0.1, 0.15) is 26.3 Å². The molecule has 1 aliphatic rings. The Bertz CT molecular complexity index is 779. The molecular formula is C20H26N4O3. The molecule has 7 heteroatoms. The fourth-order valence-electron chi connectivity index (χ4n) is 2.96. The van der Waals surface area contributed by atoms with Crippen LogP contribution in [0.2, 0.25) is 0 Å². The molecule has 7 nitrogen and oxygen atoms in total. The van der Waals surface area contributed by atoms with E-state index in [9.17, 15) is 9.90 Å². The third-order valence-electron chi connectivity index (χ3n) is 4.32. The summed E-state index contributed by atoms with van der Waals surface area (Å²) in [7, 11) is 0. The van der Waals surface area contributed by atoms with Crippen LogP contribution in [0.4, 0.5) is 10.6 Å². The van der Waals surface area contributed by atoms with Crippen molar-refractivity contribution in [2.24, 2.45) is 0 Å². The van der Waals surface area contributed by atoms with Crippen LogP contribution in [0.15, 0.2) is 36.7 Å². The smallest absolute Gasteiger partial charge is 0.410 e. The average molecular weight is 370 g/mol. The van der Waals surface area contributed by atoms with Crippen molar-refractivity contribution >= 4 is 11.9 Å². The lowest BCUT2D eigenvalue weighted by molar-refractivity contribution is 0.0240. The number of amides is 1. The van der Waals surface area contributed by atoms with E-state index in [1.807, 2.05) is 45.0 Å². The Labute approximate surface area is 159 Å². The molecule has 1 saturated heterocycles. The summed E-state index contributed by atoms with van der Waals surface area (Å²) in [6.07, 6.45) is 3.08. The van der Waals surface area contributed by atoms with Crippen LogP contribution in [0.5, 0.6) is 0 Å². The van der Waals surface area contributed by atoms with Crippen LogP contribution in [0, 0.1) is 0 Å². The normalized spacial score (nSPS) is 15.0. The Hall–Kier alpha value is -2.67. The van der Waals surface area contributed by atoms with E-state index in [1.54, 1.807) is 17.3 Å². The highest BCUT2D eigenvalue weighted by Crippen LogP contribution is 2.27. The number of nitrogens with zero attached hydrogens (tertiary/aromatic N) is 4. The van der Waals surface area contributed by atoms with Crippen molar-refractivity contribution in [1.29, 1.82) is 0 Å². The molecule has 0 spiro atoms. The zero-order valence-electron chi connectivity index (χ0n) is 16.1. The number of piperazine rings is 1. The molecule has 0 aliphatic carbocycles. The Kier molecular flexibility index (Phi) is 5.60. The number of anilines is 1. The number of carbonyl (C=O) groups is 1. The standard InChI is InChI=1S/C20H26N4O3/c1-20(2,3)27-19(26)24-12-10-23(11-13-24)18-17(21-8-9-22-18)16-6-4-15(14-25)5-7-16/h4-9,25H,10-14H2,1-3H3. The number of carbonyl (C=O) groups excluding carboxylic acids is 1. The molecule has 144 valence electrons. The Morgan fingerprint density at radius 1 is 1.07 bits per heavy atom. The molecule has 1 amide bonds. The van der Waals surface area contributed by atoms with E-state index in [4.69, 9.17) is 4.74 Å². The zero-order chi connectivity index (χ0) is 19.4. The molecule has 27 heavy (non-hydrogen) atoms. The van der Waals surface area contributed by atoms with Gasteiger partial charge in [-0.15, -0.1) is 0 Å². The summed E-state index contributed by atoms with van der Waals surface area (Å²) in [4.78, 5) is 25.2. The number of hydrogen-bond acceptors (Lipinski definition) is 6. The number of aliphatic hydroxyl groups excluding tert-OH is 1. The molecule has 0 atom stereocenters. The summed E-state index contributed by atoms with van der Waals surface area (Å²) in [5.74, 6) is 0.804. The first-order valence-corrected chi connectivity index (χ1v) is 9.11. The van der Waals surface area contributed by atoms with Crippen LogP contribution in [0.25, 0.3) is 11.3 Å². The molecule has 0 unspecified atom stereocenters. The first kappa shape index (κ1) is 19.1. The van der Waals surface area contributed by atoms with E-state index < -0.39 is 5.60 Å². The van der Waals surface area contributed by atoms with Gasteiger partial charge in [-0.05, 0) is 26.3 Å². The molecule has 2 heterocycles. The molecule has 0 bridgehead atoms. The number of benzene rings is 1. The first-order valence-electron chi connectivity index (χ1n) is 9.11. The van der Waals surface area contributed by atoms with Gasteiger partial charge in [0.1, 0.15) is 11.3 Å². The number of rotatable bonds is 3. The summed E-state index contributed by atoms with van der Waals surface area (Å²) >= 11 is 0. The van der Waals surface area contributed by atoms with Crippen LogP contribution >= 0.6 is 0 Å². The second kappa shape index (κ2) is 7.92. The highest BCUT2D eigenvalue weighted by molar-refractivity contribution is 5.73. The largest absolute Gasteiger partial charge is 0.444 e. The van der Waals surface area contributed by atoms with Gasteiger partial charge in [0.05, 0.1) is 6.61 Å². The predicted octanol–water partition coefficient (Wildman–Crippen LogP) is 2.69. The highest BCUT2D eigenvalue weighted by Gasteiger charge is 2.27. The van der Waals surface area contributed by atoms with E-state index in [0.29, 0.717) is 26.2 Å². The van der Waals surface area contributed by atoms with Crippen molar-refractivity contribution in [2.75, 3.05) is 31.1 Å². The van der Waals surface area contributed by atoms with Gasteiger partial charge in [-0.25, -0.2) is 9.78 Å². The van der Waals surface area contributed by atoms with E-state index in [1.165, 1.54) is 0 Å². The van der Waals surface area contributed by atoms with Crippen LogP contribution < -0.4 is 4.90 Å². The third-order valence-corrected chi connectivity index (χ3v) is 4.32. The second-order valence-corrected chi connectivity index (χ2v) is 7.54. The van der Waals surface area contributed by atoms with E-state index in [2.05, 4.69) is 14.9 Å². The van der Waals surface area contributed by atoms with Gasteiger partial charge in [0.15, 0.2) is 5.82 Å². The predicted molar refractivity (Wildman–Crippen MR) is 103 cm³/mol. The monoisotopic (exact) mass is 370 g/mol. The van der Waals surface area contributed by atoms with E-state index in [0.717, 1.165) is 22.6 Å². The second-order valence-electron chi connectivity index (χ2n) is 7.54. The number of aliphatic hydroxyl groups is 1. The van der Waals surface area contributed by atoms with Gasteiger partial charge in [-0.3, -0.25) is 4.98 Å². The summed E-state index contributed by atoms with van der Waals surface area (Å²) in [6.45, 7) is 8.11. The number of hydrogen-bond donors (Lipinski definition) is 1. The molecule has 1 aromatic carbocycles. The average Bonchev–Trinajstić information content (AvgIpc) is 2.67. The first-order chi connectivity index (χ1) is 12.9. The molecule has 0 radical (unpaired) electrons. The minimum Gasteiger partial charge on any atom is -0.444 e. The maximum atomic E-state index is 12.2. The van der Waals surface area contributed by atoms with Crippen molar-refractivity contribution in [3.05, 3.63) is 42.2 Å². The van der Waals surface area contributed by atoms with Crippen molar-refractivity contribution in [3.63, 3.8) is 0 Å². The Morgan fingerprint density at radius 3 is 2.30 bits per heavy atom. The quantitative estimate of drug-likeness (QED) is 0.895. The van der Waals surface area contributed by atoms with Gasteiger partial charge in [0, 0.05) is 44.1 Å². The molecule has 1 N–H and O–H groups in total. The van der Waals surface area contributed by atoms with Crippen LogP contribution in [-0.2, 0) is 11.3 Å². The van der Waals surface area contributed by atoms with Crippen LogP contribution in [-0.4, -0.2) is 57.8 Å². The maximum Gasteiger partial charge on any atom is 0.410 e. The summed E-state index contributed by atoms with van der Waals surface area (Å²) in [5.41, 5.74) is 2.11. The molecule has 2 aromatic rings. The van der Waals surface area contributed by atoms with Gasteiger partial charge in [-0.1, -0.05) is 24.3 Å². The summed E-state index contributed by atoms with van der Waals surface area (Å²) < 4.78 is 5.45. The lowest BCUT2D eigenvalue weighted by Crippen LogP contribution is -2.50. The van der Waals surface area contributed by atoms with Gasteiger partial charge in [-0.2, -0.15) is 0 Å². The number of aromatic nitrogens is 2. The lowest BCUT2D eigenvalue weighted by Gasteiger charge is -2.36. The maximum absolute atomic E-state index is 12.2. The van der Waals surface area contributed by atoms with Crippen molar-refractivity contribution in [3.8, 4) is 11.3 Å². The topological polar surface area (TPSA) is 78.8 Å². The van der Waals surface area contributed by atoms with E-state index in [-0.39, 0.29) is 12.7 Å². The van der Waals surface area contributed by atoms with Gasteiger partial charge in [0.2, 0.25) is 0 Å². The molecule has 3 rings (SSSR count). The Balaban J connectivity index is 1.72. The SMILES string of the molecule is CC(C)(C)OC(=O)N1CCN(c2nccnc2-c2ccc(CO)cc2)CC1. The minimum absolute atomic E-state index is 0.0141. The third kappa shape index (κ3) is 4.74.